The van der Waals surface area contributed by atoms with E-state index in [1.807, 2.05) is 4.90 Å². The Bertz CT molecular complexity index is 197. The summed E-state index contributed by atoms with van der Waals surface area (Å²) in [6.45, 7) is 4.19. The highest BCUT2D eigenvalue weighted by atomic mass is 16.5. The molecule has 1 rings (SSSR count). The Morgan fingerprint density at radius 1 is 1.64 bits per heavy atom. The second-order valence-electron chi connectivity index (χ2n) is 3.91. The van der Waals surface area contributed by atoms with Crippen LogP contribution in [-0.4, -0.2) is 50.7 Å². The summed E-state index contributed by atoms with van der Waals surface area (Å²) in [4.78, 5) is 13.5. The Morgan fingerprint density at radius 3 is 2.93 bits per heavy atom. The molecule has 1 aliphatic heterocycles. The molecule has 1 amide bonds. The summed E-state index contributed by atoms with van der Waals surface area (Å²) < 4.78 is 5.35. The summed E-state index contributed by atoms with van der Waals surface area (Å²) >= 11 is 0. The largest absolute Gasteiger partial charge is 0.379 e. The van der Waals surface area contributed by atoms with Crippen LogP contribution >= 0.6 is 0 Å². The van der Waals surface area contributed by atoms with Crippen molar-refractivity contribution in [2.24, 2.45) is 5.92 Å². The zero-order chi connectivity index (χ0) is 10.6. The van der Waals surface area contributed by atoms with E-state index < -0.39 is 0 Å². The van der Waals surface area contributed by atoms with E-state index >= 15 is 0 Å². The van der Waals surface area contributed by atoms with E-state index in [1.165, 1.54) is 0 Å². The number of ether oxygens (including phenoxy) is 1. The number of hydrogen-bond acceptors (Lipinski definition) is 3. The molecule has 0 radical (unpaired) electrons. The number of likely N-dealkylation sites (tertiary alicyclic amines) is 1. The van der Waals surface area contributed by atoms with Crippen molar-refractivity contribution in [3.8, 4) is 0 Å². The summed E-state index contributed by atoms with van der Waals surface area (Å²) in [6, 6.07) is 0. The minimum absolute atomic E-state index is 0.168. The summed E-state index contributed by atoms with van der Waals surface area (Å²) in [5.41, 5.74) is 0. The van der Waals surface area contributed by atoms with Crippen molar-refractivity contribution in [2.45, 2.75) is 19.4 Å². The van der Waals surface area contributed by atoms with E-state index in [0.717, 1.165) is 19.5 Å². The monoisotopic (exact) mass is 200 g/mol. The molecular weight excluding hydrogens is 180 g/mol. The Labute approximate surface area is 85.6 Å². The number of methoxy groups -OCH3 is 1. The van der Waals surface area contributed by atoms with Gasteiger partial charge in [-0.25, -0.2) is 0 Å². The molecule has 14 heavy (non-hydrogen) atoms. The van der Waals surface area contributed by atoms with E-state index in [2.05, 4.69) is 12.2 Å². The molecule has 1 fully saturated rings. The van der Waals surface area contributed by atoms with Crippen LogP contribution in [0.2, 0.25) is 0 Å². The standard InChI is InChI=1S/C10H20N2O2/c1-8-4-5-12(7-9(8)14-3)10(13)6-11-2/h8-9,11H,4-7H2,1-3H3. The maximum absolute atomic E-state index is 11.6. The number of likely N-dealkylation sites (N-methyl/N-ethyl adjacent to an activating group) is 1. The SMILES string of the molecule is CNCC(=O)N1CCC(C)C(OC)C1. The van der Waals surface area contributed by atoms with Gasteiger partial charge in [-0.05, 0) is 19.4 Å². The first kappa shape index (κ1) is 11.5. The van der Waals surface area contributed by atoms with E-state index in [-0.39, 0.29) is 12.0 Å². The summed E-state index contributed by atoms with van der Waals surface area (Å²) in [6.07, 6.45) is 1.23. The number of hydrogen-bond donors (Lipinski definition) is 1. The first-order valence-electron chi connectivity index (χ1n) is 5.14. The minimum atomic E-state index is 0.168. The summed E-state index contributed by atoms with van der Waals surface area (Å²) in [5.74, 6) is 0.722. The lowest BCUT2D eigenvalue weighted by atomic mass is 9.96. The molecule has 4 nitrogen and oxygen atoms in total. The molecule has 0 aromatic heterocycles. The third kappa shape index (κ3) is 2.69. The molecule has 0 aliphatic carbocycles. The summed E-state index contributed by atoms with van der Waals surface area (Å²) in [7, 11) is 3.51. The molecule has 2 atom stereocenters. The lowest BCUT2D eigenvalue weighted by Gasteiger charge is -2.36. The maximum atomic E-state index is 11.6. The highest BCUT2D eigenvalue weighted by Crippen LogP contribution is 2.19. The zero-order valence-electron chi connectivity index (χ0n) is 9.25. The highest BCUT2D eigenvalue weighted by molar-refractivity contribution is 5.78. The third-order valence-electron chi connectivity index (χ3n) is 2.87. The van der Waals surface area contributed by atoms with Crippen LogP contribution in [0.3, 0.4) is 0 Å². The van der Waals surface area contributed by atoms with Gasteiger partial charge < -0.3 is 15.0 Å². The molecule has 4 heteroatoms. The van der Waals surface area contributed by atoms with Gasteiger partial charge in [0.15, 0.2) is 0 Å². The van der Waals surface area contributed by atoms with E-state index in [0.29, 0.717) is 12.5 Å². The van der Waals surface area contributed by atoms with E-state index in [4.69, 9.17) is 4.74 Å². The fraction of sp³-hybridized carbons (Fsp3) is 0.900. The number of carbonyl (C=O) groups excluding carboxylic acids is 1. The maximum Gasteiger partial charge on any atom is 0.236 e. The van der Waals surface area contributed by atoms with E-state index in [9.17, 15) is 4.79 Å². The number of carbonyl (C=O) groups is 1. The van der Waals surface area contributed by atoms with Crippen molar-refractivity contribution in [1.29, 1.82) is 0 Å². The second-order valence-corrected chi connectivity index (χ2v) is 3.91. The van der Waals surface area contributed by atoms with Crippen LogP contribution in [0.4, 0.5) is 0 Å². The number of amides is 1. The van der Waals surface area contributed by atoms with Gasteiger partial charge in [0.05, 0.1) is 12.6 Å². The van der Waals surface area contributed by atoms with Crippen molar-refractivity contribution in [3.63, 3.8) is 0 Å². The average Bonchev–Trinajstić information content (AvgIpc) is 2.19. The lowest BCUT2D eigenvalue weighted by Crippen LogP contribution is -2.48. The van der Waals surface area contributed by atoms with Gasteiger partial charge in [-0.3, -0.25) is 4.79 Å². The number of rotatable bonds is 3. The van der Waals surface area contributed by atoms with Crippen molar-refractivity contribution >= 4 is 5.91 Å². The second kappa shape index (κ2) is 5.32. The van der Waals surface area contributed by atoms with Crippen LogP contribution in [0.15, 0.2) is 0 Å². The van der Waals surface area contributed by atoms with Gasteiger partial charge >= 0.3 is 0 Å². The first-order chi connectivity index (χ1) is 6.69. The first-order valence-corrected chi connectivity index (χ1v) is 5.14. The van der Waals surface area contributed by atoms with Crippen LogP contribution in [0.25, 0.3) is 0 Å². The van der Waals surface area contributed by atoms with E-state index in [1.54, 1.807) is 14.2 Å². The smallest absolute Gasteiger partial charge is 0.236 e. The molecule has 0 aromatic carbocycles. The molecule has 0 bridgehead atoms. The quantitative estimate of drug-likeness (QED) is 0.702. The Morgan fingerprint density at radius 2 is 2.36 bits per heavy atom. The van der Waals surface area contributed by atoms with Crippen LogP contribution in [0, 0.1) is 5.92 Å². The highest BCUT2D eigenvalue weighted by Gasteiger charge is 2.28. The van der Waals surface area contributed by atoms with Gasteiger partial charge in [0, 0.05) is 20.2 Å². The molecular formula is C10H20N2O2. The molecule has 0 spiro atoms. The van der Waals surface area contributed by atoms with Crippen molar-refractivity contribution in [1.82, 2.24) is 10.2 Å². The normalized spacial score (nSPS) is 27.8. The molecule has 82 valence electrons. The van der Waals surface area contributed by atoms with Crippen molar-refractivity contribution in [2.75, 3.05) is 33.8 Å². The molecule has 1 heterocycles. The molecule has 1 N–H and O–H groups in total. The fourth-order valence-electron chi connectivity index (χ4n) is 1.83. The Kier molecular flexibility index (Phi) is 4.35. The average molecular weight is 200 g/mol. The predicted molar refractivity (Wildman–Crippen MR) is 55.1 cm³/mol. The van der Waals surface area contributed by atoms with Gasteiger partial charge in [0.25, 0.3) is 0 Å². The summed E-state index contributed by atoms with van der Waals surface area (Å²) in [5, 5.41) is 2.88. The van der Waals surface area contributed by atoms with Gasteiger partial charge in [0.2, 0.25) is 5.91 Å². The Balaban J connectivity index is 2.45. The molecule has 2 unspecified atom stereocenters. The predicted octanol–water partition coefficient (Wildman–Crippen LogP) is 0.0892. The van der Waals surface area contributed by atoms with Crippen molar-refractivity contribution in [3.05, 3.63) is 0 Å². The van der Waals surface area contributed by atoms with Gasteiger partial charge in [0.1, 0.15) is 0 Å². The molecule has 0 saturated carbocycles. The van der Waals surface area contributed by atoms with Crippen LogP contribution in [0.5, 0.6) is 0 Å². The van der Waals surface area contributed by atoms with Crippen LogP contribution in [0.1, 0.15) is 13.3 Å². The van der Waals surface area contributed by atoms with Crippen molar-refractivity contribution < 1.29 is 9.53 Å². The minimum Gasteiger partial charge on any atom is -0.379 e. The number of nitrogens with zero attached hydrogens (tertiary/aromatic N) is 1. The zero-order valence-corrected chi connectivity index (χ0v) is 9.25. The van der Waals surface area contributed by atoms with Gasteiger partial charge in [-0.1, -0.05) is 6.92 Å². The lowest BCUT2D eigenvalue weighted by molar-refractivity contribution is -0.135. The molecule has 1 saturated heterocycles. The number of piperidine rings is 1. The van der Waals surface area contributed by atoms with Gasteiger partial charge in [-0.15, -0.1) is 0 Å². The fourth-order valence-corrected chi connectivity index (χ4v) is 1.83. The molecule has 1 aliphatic rings. The van der Waals surface area contributed by atoms with Crippen LogP contribution in [-0.2, 0) is 9.53 Å². The third-order valence-corrected chi connectivity index (χ3v) is 2.87. The Hall–Kier alpha value is -0.610. The van der Waals surface area contributed by atoms with Gasteiger partial charge in [-0.2, -0.15) is 0 Å². The van der Waals surface area contributed by atoms with Crippen LogP contribution < -0.4 is 5.32 Å². The number of nitrogens with one attached hydrogen (secondary N) is 1. The molecule has 0 aromatic rings. The topological polar surface area (TPSA) is 41.6 Å².